The van der Waals surface area contributed by atoms with E-state index in [1.54, 1.807) is 18.2 Å². The summed E-state index contributed by atoms with van der Waals surface area (Å²) < 4.78 is 0. The molecule has 0 bridgehead atoms. The molecule has 1 aliphatic rings. The van der Waals surface area contributed by atoms with Crippen LogP contribution in [0, 0.1) is 0 Å². The van der Waals surface area contributed by atoms with Crippen molar-refractivity contribution in [3.05, 3.63) is 23.2 Å². The van der Waals surface area contributed by atoms with Crippen molar-refractivity contribution in [2.75, 3.05) is 24.1 Å². The first kappa shape index (κ1) is 13.0. The Labute approximate surface area is 112 Å². The van der Waals surface area contributed by atoms with E-state index >= 15 is 0 Å². The number of hydrogen-bond acceptors (Lipinski definition) is 2. The Morgan fingerprint density at radius 3 is 2.56 bits per heavy atom. The second-order valence-electron chi connectivity index (χ2n) is 4.56. The Hall–Kier alpha value is -1.42. The zero-order chi connectivity index (χ0) is 13.0. The molecule has 98 valence electrons. The smallest absolute Gasteiger partial charge is 0.321 e. The van der Waals surface area contributed by atoms with Crippen LogP contribution in [-0.4, -0.2) is 24.0 Å². The Morgan fingerprint density at radius 1 is 1.22 bits per heavy atom. The highest BCUT2D eigenvalue weighted by Crippen LogP contribution is 2.23. The van der Waals surface area contributed by atoms with Gasteiger partial charge in [-0.1, -0.05) is 24.4 Å². The van der Waals surface area contributed by atoms with E-state index in [2.05, 4.69) is 5.32 Å². The first-order valence-electron chi connectivity index (χ1n) is 6.28. The van der Waals surface area contributed by atoms with E-state index in [-0.39, 0.29) is 6.03 Å². The number of likely N-dealkylation sites (tertiary alicyclic amines) is 1. The first-order valence-corrected chi connectivity index (χ1v) is 6.65. The van der Waals surface area contributed by atoms with E-state index in [4.69, 9.17) is 17.3 Å². The van der Waals surface area contributed by atoms with Crippen LogP contribution in [0.25, 0.3) is 0 Å². The average Bonchev–Trinajstić information content (AvgIpc) is 2.62. The van der Waals surface area contributed by atoms with Gasteiger partial charge in [-0.25, -0.2) is 4.79 Å². The van der Waals surface area contributed by atoms with Crippen LogP contribution in [0.1, 0.15) is 25.7 Å². The van der Waals surface area contributed by atoms with Crippen LogP contribution in [0.2, 0.25) is 5.02 Å². The van der Waals surface area contributed by atoms with E-state index < -0.39 is 0 Å². The molecule has 18 heavy (non-hydrogen) atoms. The van der Waals surface area contributed by atoms with Gasteiger partial charge in [0, 0.05) is 18.1 Å². The van der Waals surface area contributed by atoms with Gasteiger partial charge in [0.05, 0.1) is 11.4 Å². The van der Waals surface area contributed by atoms with E-state index in [1.165, 1.54) is 12.8 Å². The number of hydrogen-bond donors (Lipinski definition) is 2. The van der Waals surface area contributed by atoms with Crippen molar-refractivity contribution < 1.29 is 4.79 Å². The number of nitrogens with one attached hydrogen (secondary N) is 1. The first-order chi connectivity index (χ1) is 8.66. The zero-order valence-electron chi connectivity index (χ0n) is 10.3. The average molecular weight is 268 g/mol. The molecule has 0 spiro atoms. The fourth-order valence-electron chi connectivity index (χ4n) is 2.10. The SMILES string of the molecule is Nc1ccc(Cl)cc1NC(=O)N1CCCCCC1. The second kappa shape index (κ2) is 5.96. The lowest BCUT2D eigenvalue weighted by atomic mass is 10.2. The molecule has 1 fully saturated rings. The maximum Gasteiger partial charge on any atom is 0.321 e. The van der Waals surface area contributed by atoms with Crippen LogP contribution in [0.15, 0.2) is 18.2 Å². The summed E-state index contributed by atoms with van der Waals surface area (Å²) in [5.41, 5.74) is 6.92. The molecule has 2 amide bonds. The number of urea groups is 1. The standard InChI is InChI=1S/C13H18ClN3O/c14-10-5-6-11(15)12(9-10)16-13(18)17-7-3-1-2-4-8-17/h5-6,9H,1-4,7-8,15H2,(H,16,18). The number of nitrogens with zero attached hydrogens (tertiary/aromatic N) is 1. The molecule has 0 saturated carbocycles. The number of carbonyl (C=O) groups is 1. The predicted octanol–water partition coefficient (Wildman–Crippen LogP) is 3.33. The summed E-state index contributed by atoms with van der Waals surface area (Å²) in [6, 6.07) is 4.98. The number of nitrogen functional groups attached to an aromatic ring is 1. The van der Waals surface area contributed by atoms with Crippen LogP contribution < -0.4 is 11.1 Å². The zero-order valence-corrected chi connectivity index (χ0v) is 11.0. The molecular formula is C13H18ClN3O. The minimum Gasteiger partial charge on any atom is -0.397 e. The maximum atomic E-state index is 12.1. The molecule has 1 aliphatic heterocycles. The molecule has 1 aromatic carbocycles. The third-order valence-corrected chi connectivity index (χ3v) is 3.39. The summed E-state index contributed by atoms with van der Waals surface area (Å²) in [5.74, 6) is 0. The molecule has 0 aliphatic carbocycles. The van der Waals surface area contributed by atoms with Gasteiger partial charge in [0.25, 0.3) is 0 Å². The third kappa shape index (κ3) is 3.29. The van der Waals surface area contributed by atoms with Gasteiger partial charge in [-0.05, 0) is 31.0 Å². The Morgan fingerprint density at radius 2 is 1.89 bits per heavy atom. The highest BCUT2D eigenvalue weighted by Gasteiger charge is 2.16. The van der Waals surface area contributed by atoms with E-state index in [9.17, 15) is 4.79 Å². The number of halogens is 1. The minimum absolute atomic E-state index is 0.0918. The Balaban J connectivity index is 2.03. The molecule has 0 atom stereocenters. The van der Waals surface area contributed by atoms with Gasteiger partial charge in [0.2, 0.25) is 0 Å². The van der Waals surface area contributed by atoms with E-state index in [0.717, 1.165) is 25.9 Å². The van der Waals surface area contributed by atoms with Gasteiger partial charge in [-0.2, -0.15) is 0 Å². The van der Waals surface area contributed by atoms with Crippen molar-refractivity contribution in [1.29, 1.82) is 0 Å². The lowest BCUT2D eigenvalue weighted by Gasteiger charge is -2.21. The van der Waals surface area contributed by atoms with Crippen molar-refractivity contribution in [2.45, 2.75) is 25.7 Å². The fourth-order valence-corrected chi connectivity index (χ4v) is 2.28. The lowest BCUT2D eigenvalue weighted by molar-refractivity contribution is 0.214. The molecule has 2 rings (SSSR count). The monoisotopic (exact) mass is 267 g/mol. The van der Waals surface area contributed by atoms with Crippen LogP contribution in [-0.2, 0) is 0 Å². The van der Waals surface area contributed by atoms with Gasteiger partial charge < -0.3 is 16.0 Å². The van der Waals surface area contributed by atoms with E-state index in [1.807, 2.05) is 4.90 Å². The number of anilines is 2. The summed E-state index contributed by atoms with van der Waals surface area (Å²) in [7, 11) is 0. The molecule has 3 N–H and O–H groups in total. The predicted molar refractivity (Wildman–Crippen MR) is 74.9 cm³/mol. The summed E-state index contributed by atoms with van der Waals surface area (Å²) in [6.07, 6.45) is 4.53. The van der Waals surface area contributed by atoms with Crippen molar-refractivity contribution in [3.63, 3.8) is 0 Å². The quantitative estimate of drug-likeness (QED) is 0.767. The number of nitrogens with two attached hydrogens (primary N) is 1. The number of amides is 2. The molecule has 5 heteroatoms. The molecule has 0 unspecified atom stereocenters. The van der Waals surface area contributed by atoms with Gasteiger partial charge in [0.15, 0.2) is 0 Å². The Kier molecular flexibility index (Phi) is 4.31. The van der Waals surface area contributed by atoms with Crippen molar-refractivity contribution in [2.24, 2.45) is 0 Å². The minimum atomic E-state index is -0.0918. The molecule has 4 nitrogen and oxygen atoms in total. The molecule has 1 saturated heterocycles. The highest BCUT2D eigenvalue weighted by atomic mass is 35.5. The van der Waals surface area contributed by atoms with Crippen LogP contribution in [0.4, 0.5) is 16.2 Å². The van der Waals surface area contributed by atoms with Crippen LogP contribution in [0.5, 0.6) is 0 Å². The van der Waals surface area contributed by atoms with Gasteiger partial charge >= 0.3 is 6.03 Å². The summed E-state index contributed by atoms with van der Waals surface area (Å²) in [4.78, 5) is 13.9. The van der Waals surface area contributed by atoms with Crippen molar-refractivity contribution >= 4 is 29.0 Å². The van der Waals surface area contributed by atoms with Gasteiger partial charge in [0.1, 0.15) is 0 Å². The number of rotatable bonds is 1. The summed E-state index contributed by atoms with van der Waals surface area (Å²) >= 11 is 5.89. The number of carbonyl (C=O) groups excluding carboxylic acids is 1. The maximum absolute atomic E-state index is 12.1. The molecule has 1 heterocycles. The molecular weight excluding hydrogens is 250 g/mol. The van der Waals surface area contributed by atoms with Gasteiger partial charge in [-0.3, -0.25) is 0 Å². The van der Waals surface area contributed by atoms with Gasteiger partial charge in [-0.15, -0.1) is 0 Å². The molecule has 1 aromatic rings. The highest BCUT2D eigenvalue weighted by molar-refractivity contribution is 6.31. The van der Waals surface area contributed by atoms with Crippen molar-refractivity contribution in [3.8, 4) is 0 Å². The molecule has 0 aromatic heterocycles. The fraction of sp³-hybridized carbons (Fsp3) is 0.462. The van der Waals surface area contributed by atoms with Crippen LogP contribution >= 0.6 is 11.6 Å². The molecule has 0 radical (unpaired) electrons. The van der Waals surface area contributed by atoms with E-state index in [0.29, 0.717) is 16.4 Å². The number of benzene rings is 1. The topological polar surface area (TPSA) is 58.4 Å². The summed E-state index contributed by atoms with van der Waals surface area (Å²) in [5, 5.41) is 3.39. The largest absolute Gasteiger partial charge is 0.397 e. The second-order valence-corrected chi connectivity index (χ2v) is 5.00. The van der Waals surface area contributed by atoms with Crippen molar-refractivity contribution in [1.82, 2.24) is 4.90 Å². The Bertz CT molecular complexity index is 428. The normalized spacial score (nSPS) is 16.2. The summed E-state index contributed by atoms with van der Waals surface area (Å²) in [6.45, 7) is 1.62. The third-order valence-electron chi connectivity index (χ3n) is 3.15. The lowest BCUT2D eigenvalue weighted by Crippen LogP contribution is -2.35. The van der Waals surface area contributed by atoms with Crippen LogP contribution in [0.3, 0.4) is 0 Å².